The van der Waals surface area contributed by atoms with Crippen LogP contribution in [-0.4, -0.2) is 10.9 Å². The van der Waals surface area contributed by atoms with Crippen LogP contribution < -0.4 is 0 Å². The number of nitrogens with zero attached hydrogens (tertiary/aromatic N) is 2. The SMILES string of the molecule is N#Cc1ccccc1-c1ccccc1C(=O)OCc1ccccc1[N+](=O)[O-]. The van der Waals surface area contributed by atoms with Gasteiger partial charge in [0.05, 0.1) is 27.7 Å². The first kappa shape index (κ1) is 17.8. The minimum absolute atomic E-state index is 0.103. The van der Waals surface area contributed by atoms with E-state index in [9.17, 15) is 20.2 Å². The molecule has 0 unspecified atom stereocenters. The summed E-state index contributed by atoms with van der Waals surface area (Å²) in [5.41, 5.74) is 2.13. The molecule has 6 heteroatoms. The first-order valence-corrected chi connectivity index (χ1v) is 8.09. The number of nitro benzene ring substituents is 1. The van der Waals surface area contributed by atoms with Crippen molar-refractivity contribution in [2.45, 2.75) is 6.61 Å². The van der Waals surface area contributed by atoms with Gasteiger partial charge < -0.3 is 4.74 Å². The predicted molar refractivity (Wildman–Crippen MR) is 98.8 cm³/mol. The Morgan fingerprint density at radius 3 is 2.33 bits per heavy atom. The summed E-state index contributed by atoms with van der Waals surface area (Å²) >= 11 is 0. The number of para-hydroxylation sites is 1. The van der Waals surface area contributed by atoms with Gasteiger partial charge in [-0.3, -0.25) is 10.1 Å². The third kappa shape index (κ3) is 3.83. The van der Waals surface area contributed by atoms with Gasteiger partial charge in [0.2, 0.25) is 0 Å². The number of benzene rings is 3. The maximum absolute atomic E-state index is 12.6. The number of ether oxygens (including phenoxy) is 1. The third-order valence-corrected chi connectivity index (χ3v) is 4.03. The summed E-state index contributed by atoms with van der Waals surface area (Å²) in [7, 11) is 0. The topological polar surface area (TPSA) is 93.2 Å². The van der Waals surface area contributed by atoms with Gasteiger partial charge in [-0.05, 0) is 23.8 Å². The summed E-state index contributed by atoms with van der Waals surface area (Å²) in [6, 6.07) is 22.0. The fraction of sp³-hybridized carbons (Fsp3) is 0.0476. The Labute approximate surface area is 155 Å². The molecule has 0 heterocycles. The van der Waals surface area contributed by atoms with E-state index in [0.717, 1.165) is 0 Å². The van der Waals surface area contributed by atoms with Gasteiger partial charge in [0.15, 0.2) is 0 Å². The minimum atomic E-state index is -0.614. The van der Waals surface area contributed by atoms with Gasteiger partial charge in [-0.2, -0.15) is 5.26 Å². The molecule has 0 fully saturated rings. The van der Waals surface area contributed by atoms with E-state index in [2.05, 4.69) is 6.07 Å². The standard InChI is InChI=1S/C21H14N2O4/c22-13-15-7-1-3-9-17(15)18-10-4-5-11-19(18)21(24)27-14-16-8-2-6-12-20(16)23(25)26/h1-12H,14H2. The molecular weight excluding hydrogens is 344 g/mol. The van der Waals surface area contributed by atoms with Crippen molar-refractivity contribution in [1.82, 2.24) is 0 Å². The molecule has 0 aliphatic carbocycles. The van der Waals surface area contributed by atoms with Crippen LogP contribution in [0.4, 0.5) is 5.69 Å². The van der Waals surface area contributed by atoms with Crippen LogP contribution >= 0.6 is 0 Å². The molecule has 0 N–H and O–H groups in total. The van der Waals surface area contributed by atoms with Crippen molar-refractivity contribution in [3.8, 4) is 17.2 Å². The van der Waals surface area contributed by atoms with Crippen LogP contribution in [0.25, 0.3) is 11.1 Å². The van der Waals surface area contributed by atoms with Crippen molar-refractivity contribution < 1.29 is 14.5 Å². The lowest BCUT2D eigenvalue weighted by atomic mass is 9.96. The zero-order valence-corrected chi connectivity index (χ0v) is 14.2. The Morgan fingerprint density at radius 1 is 0.963 bits per heavy atom. The third-order valence-electron chi connectivity index (χ3n) is 4.03. The Balaban J connectivity index is 1.89. The highest BCUT2D eigenvalue weighted by atomic mass is 16.6. The molecule has 3 aromatic carbocycles. The lowest BCUT2D eigenvalue weighted by molar-refractivity contribution is -0.385. The van der Waals surface area contributed by atoms with Crippen LogP contribution in [0.5, 0.6) is 0 Å². The van der Waals surface area contributed by atoms with Crippen molar-refractivity contribution in [3.05, 3.63) is 99.6 Å². The van der Waals surface area contributed by atoms with Crippen molar-refractivity contribution >= 4 is 11.7 Å². The monoisotopic (exact) mass is 358 g/mol. The molecule has 0 saturated carbocycles. The molecule has 0 aromatic heterocycles. The summed E-state index contributed by atoms with van der Waals surface area (Å²) in [6.45, 7) is -0.218. The fourth-order valence-electron chi connectivity index (χ4n) is 2.74. The molecule has 0 amide bonds. The van der Waals surface area contributed by atoms with Crippen molar-refractivity contribution in [2.75, 3.05) is 0 Å². The highest BCUT2D eigenvalue weighted by Crippen LogP contribution is 2.28. The molecule has 0 saturated heterocycles. The smallest absolute Gasteiger partial charge is 0.339 e. The normalized spacial score (nSPS) is 10.0. The van der Waals surface area contributed by atoms with Crippen molar-refractivity contribution in [1.29, 1.82) is 5.26 Å². The summed E-state index contributed by atoms with van der Waals surface area (Å²) in [4.78, 5) is 23.2. The quantitative estimate of drug-likeness (QED) is 0.380. The Hall–Kier alpha value is -3.98. The van der Waals surface area contributed by atoms with Gasteiger partial charge >= 0.3 is 5.97 Å². The average molecular weight is 358 g/mol. The second-order valence-corrected chi connectivity index (χ2v) is 5.66. The van der Waals surface area contributed by atoms with E-state index in [-0.39, 0.29) is 12.3 Å². The number of carbonyl (C=O) groups is 1. The molecule has 0 bridgehead atoms. The van der Waals surface area contributed by atoms with E-state index in [0.29, 0.717) is 27.8 Å². The molecule has 0 radical (unpaired) electrons. The molecule has 0 aliphatic heterocycles. The number of esters is 1. The molecule has 6 nitrogen and oxygen atoms in total. The molecule has 0 aliphatic rings. The van der Waals surface area contributed by atoms with Crippen LogP contribution in [0.2, 0.25) is 0 Å². The summed E-state index contributed by atoms with van der Waals surface area (Å²) in [5, 5.41) is 20.4. The van der Waals surface area contributed by atoms with E-state index in [4.69, 9.17) is 4.74 Å². The van der Waals surface area contributed by atoms with Gasteiger partial charge in [0.1, 0.15) is 6.61 Å². The maximum Gasteiger partial charge on any atom is 0.339 e. The van der Waals surface area contributed by atoms with Gasteiger partial charge in [-0.1, -0.05) is 48.5 Å². The van der Waals surface area contributed by atoms with E-state index in [1.807, 2.05) is 0 Å². The Kier molecular flexibility index (Phi) is 5.24. The predicted octanol–water partition coefficient (Wildman–Crippen LogP) is 4.49. The van der Waals surface area contributed by atoms with Crippen LogP contribution in [0.1, 0.15) is 21.5 Å². The van der Waals surface area contributed by atoms with E-state index in [1.165, 1.54) is 6.07 Å². The summed E-state index contributed by atoms with van der Waals surface area (Å²) in [6.07, 6.45) is 0. The highest BCUT2D eigenvalue weighted by Gasteiger charge is 2.18. The Morgan fingerprint density at radius 2 is 1.59 bits per heavy atom. The number of hydrogen-bond donors (Lipinski definition) is 0. The van der Waals surface area contributed by atoms with E-state index in [1.54, 1.807) is 66.7 Å². The lowest BCUT2D eigenvalue weighted by Gasteiger charge is -2.11. The van der Waals surface area contributed by atoms with Gasteiger partial charge in [-0.15, -0.1) is 0 Å². The number of nitro groups is 1. The van der Waals surface area contributed by atoms with Crippen LogP contribution in [0.15, 0.2) is 72.8 Å². The zero-order valence-electron chi connectivity index (χ0n) is 14.2. The molecule has 132 valence electrons. The molecular formula is C21H14N2O4. The van der Waals surface area contributed by atoms with E-state index >= 15 is 0 Å². The molecule has 0 spiro atoms. The zero-order chi connectivity index (χ0) is 19.2. The largest absolute Gasteiger partial charge is 0.457 e. The first-order valence-electron chi connectivity index (χ1n) is 8.09. The summed E-state index contributed by atoms with van der Waals surface area (Å²) in [5.74, 6) is -0.614. The number of carbonyl (C=O) groups excluding carboxylic acids is 1. The summed E-state index contributed by atoms with van der Waals surface area (Å²) < 4.78 is 5.31. The van der Waals surface area contributed by atoms with Crippen molar-refractivity contribution in [3.63, 3.8) is 0 Å². The second kappa shape index (κ2) is 7.93. The average Bonchev–Trinajstić information content (AvgIpc) is 2.72. The van der Waals surface area contributed by atoms with Gasteiger partial charge in [0.25, 0.3) is 5.69 Å². The second-order valence-electron chi connectivity index (χ2n) is 5.66. The first-order chi connectivity index (χ1) is 13.1. The molecule has 0 atom stereocenters. The lowest BCUT2D eigenvalue weighted by Crippen LogP contribution is -2.08. The van der Waals surface area contributed by atoms with E-state index < -0.39 is 10.9 Å². The van der Waals surface area contributed by atoms with Crippen LogP contribution in [0, 0.1) is 21.4 Å². The van der Waals surface area contributed by atoms with Gasteiger partial charge in [-0.25, -0.2) is 4.79 Å². The van der Waals surface area contributed by atoms with Crippen LogP contribution in [-0.2, 0) is 11.3 Å². The Bertz CT molecular complexity index is 1050. The number of hydrogen-bond acceptors (Lipinski definition) is 5. The maximum atomic E-state index is 12.6. The fourth-order valence-corrected chi connectivity index (χ4v) is 2.74. The molecule has 3 aromatic rings. The molecule has 27 heavy (non-hydrogen) atoms. The van der Waals surface area contributed by atoms with Gasteiger partial charge in [0, 0.05) is 11.6 Å². The molecule has 3 rings (SSSR count). The number of rotatable bonds is 5. The highest BCUT2D eigenvalue weighted by molar-refractivity contribution is 5.98. The minimum Gasteiger partial charge on any atom is -0.457 e. The number of nitriles is 1. The van der Waals surface area contributed by atoms with Crippen molar-refractivity contribution in [2.24, 2.45) is 0 Å². The van der Waals surface area contributed by atoms with Crippen LogP contribution in [0.3, 0.4) is 0 Å².